The van der Waals surface area contributed by atoms with Gasteiger partial charge < -0.3 is 9.97 Å². The van der Waals surface area contributed by atoms with Crippen molar-refractivity contribution in [1.29, 1.82) is 0 Å². The average molecular weight is 1110 g/mol. The molecular weight excluding hydrogens is 1040 g/mol. The summed E-state index contributed by atoms with van der Waals surface area (Å²) in [6.45, 7) is 27.7. The van der Waals surface area contributed by atoms with E-state index in [1.807, 2.05) is 0 Å². The second-order valence-electron chi connectivity index (χ2n) is 27.9. The number of hydrogen-bond acceptors (Lipinski definition) is 2. The Morgan fingerprint density at radius 1 is 0.282 bits per heavy atom. The average Bonchev–Trinajstić information content (AvgIpc) is 1.71. The van der Waals surface area contributed by atoms with Gasteiger partial charge >= 0.3 is 23.1 Å². The van der Waals surface area contributed by atoms with Gasteiger partial charge in [-0.15, -0.1) is 22.1 Å². The molecule has 2 aliphatic heterocycles. The number of aromatic nitrogens is 4. The molecule has 15 rings (SSSR count). The summed E-state index contributed by atoms with van der Waals surface area (Å²) < 4.78 is 0. The van der Waals surface area contributed by atoms with Gasteiger partial charge in [-0.1, -0.05) is 253 Å². The van der Waals surface area contributed by atoms with Crippen molar-refractivity contribution in [2.75, 3.05) is 0 Å². The van der Waals surface area contributed by atoms with Crippen LogP contribution in [0.25, 0.3) is 156 Å². The van der Waals surface area contributed by atoms with E-state index >= 15 is 0 Å². The molecule has 0 radical (unpaired) electrons. The molecule has 0 N–H and O–H groups in total. The Labute approximate surface area is 514 Å². The minimum Gasteiger partial charge on any atom is -0.657 e. The molecule has 0 atom stereocenters. The Balaban J connectivity index is 0.00000640. The molecule has 0 saturated carbocycles. The van der Waals surface area contributed by atoms with Crippen LogP contribution in [0.1, 0.15) is 128 Å². The van der Waals surface area contributed by atoms with Gasteiger partial charge in [0.05, 0.1) is 22.8 Å². The fourth-order valence-electron chi connectivity index (χ4n) is 13.4. The third-order valence-corrected chi connectivity index (χ3v) is 18.1. The van der Waals surface area contributed by atoms with Gasteiger partial charge in [0.25, 0.3) is 0 Å². The van der Waals surface area contributed by atoms with Gasteiger partial charge in [-0.2, -0.15) is 0 Å². The quantitative estimate of drug-likeness (QED) is 0.130. The Morgan fingerprint density at radius 3 is 0.871 bits per heavy atom. The molecule has 0 saturated heterocycles. The molecule has 410 valence electrons. The van der Waals surface area contributed by atoms with Crippen LogP contribution >= 0.6 is 0 Å². The molecule has 13 aromatic rings. The number of rotatable bonds is 4. The van der Waals surface area contributed by atoms with Crippen LogP contribution in [0.5, 0.6) is 0 Å². The standard InChI is InChI=1S/C80H68N4.Mg/c1-77(2,3)53-39-51(40-54(43-53)78(4,5)6)73-61-31-35-65(81-61)75(59-29-25-49-21-19-45-15-13-17-47-23-27-57(59)71(49)69(45)47)67-37-33-63(83-67)74(52-41-55(79(7,8)9)44-56(42-52)80(10,11)12)64-34-38-68(84-64)76(66-36-32-62(73)82-66)60-30-26-50-22-20-46-16-14-18-48-24-28-58(60)72(50)70(46)48;/h13-44H,1-12H3;/q-2;+2. The SMILES string of the molecule is CC(C)(C)c1cc(-c2c3nc(c(-c4ccc5ccc6cccc7ccc4c5c67)c4ccc([n-]4)c(-c4cc(C(C)(C)C)cc(C(C)(C)C)c4)c4nc(c(-c5ccc6ccc7cccc8ccc5c6c78)c5ccc2[n-]5)C=C4)C=C3)cc(C(C)(C)C)c1.[Mg+2]. The van der Waals surface area contributed by atoms with Crippen LogP contribution < -0.4 is 9.97 Å². The van der Waals surface area contributed by atoms with E-state index < -0.39 is 0 Å². The second kappa shape index (κ2) is 19.3. The zero-order valence-electron chi connectivity index (χ0n) is 51.0. The van der Waals surface area contributed by atoms with Gasteiger partial charge in [0, 0.05) is 0 Å². The fraction of sp³-hybridized carbons (Fsp3) is 0.200. The van der Waals surface area contributed by atoms with E-state index in [0.717, 1.165) is 89.4 Å². The maximum Gasteiger partial charge on any atom is 2.00 e. The van der Waals surface area contributed by atoms with Crippen LogP contribution in [-0.4, -0.2) is 33.0 Å². The van der Waals surface area contributed by atoms with Crippen molar-refractivity contribution in [2.24, 2.45) is 0 Å². The largest absolute Gasteiger partial charge is 2.00 e. The molecule has 5 heteroatoms. The van der Waals surface area contributed by atoms with Gasteiger partial charge in [0.2, 0.25) is 0 Å². The molecule has 3 aromatic heterocycles. The molecule has 10 aromatic carbocycles. The summed E-state index contributed by atoms with van der Waals surface area (Å²) in [6.07, 6.45) is 8.88. The molecule has 2 aliphatic rings. The zero-order chi connectivity index (χ0) is 57.9. The number of hydrogen-bond donors (Lipinski definition) is 0. The third kappa shape index (κ3) is 8.99. The van der Waals surface area contributed by atoms with Crippen molar-refractivity contribution in [1.82, 2.24) is 19.9 Å². The van der Waals surface area contributed by atoms with Crippen LogP contribution in [-0.2, 0) is 21.7 Å². The van der Waals surface area contributed by atoms with Crippen molar-refractivity contribution in [3.63, 3.8) is 0 Å². The Kier molecular flexibility index (Phi) is 12.4. The van der Waals surface area contributed by atoms with Gasteiger partial charge in [-0.25, -0.2) is 9.97 Å². The summed E-state index contributed by atoms with van der Waals surface area (Å²) in [6, 6.07) is 63.9. The van der Waals surface area contributed by atoms with Crippen molar-refractivity contribution >= 4 is 134 Å². The predicted molar refractivity (Wildman–Crippen MR) is 367 cm³/mol. The van der Waals surface area contributed by atoms with Crippen molar-refractivity contribution in [2.45, 2.75) is 105 Å². The Bertz CT molecular complexity index is 4750. The summed E-state index contributed by atoms with van der Waals surface area (Å²) in [5.74, 6) is 0. The van der Waals surface area contributed by atoms with Crippen LogP contribution in [0.3, 0.4) is 0 Å². The molecule has 8 bridgehead atoms. The first-order chi connectivity index (χ1) is 40.1. The second-order valence-corrected chi connectivity index (χ2v) is 27.9. The molecule has 4 nitrogen and oxygen atoms in total. The Morgan fingerprint density at radius 2 is 0.553 bits per heavy atom. The van der Waals surface area contributed by atoms with Gasteiger partial charge in [-0.3, -0.25) is 0 Å². The number of benzene rings is 10. The fourth-order valence-corrected chi connectivity index (χ4v) is 13.4. The minimum atomic E-state index is -0.128. The first-order valence-electron chi connectivity index (χ1n) is 29.8. The normalized spacial score (nSPS) is 13.2. The molecule has 0 unspecified atom stereocenters. The van der Waals surface area contributed by atoms with Crippen LogP contribution in [0.2, 0.25) is 0 Å². The molecule has 0 aliphatic carbocycles. The van der Waals surface area contributed by atoms with Crippen LogP contribution in [0.15, 0.2) is 170 Å². The van der Waals surface area contributed by atoms with E-state index in [9.17, 15) is 0 Å². The maximum absolute atomic E-state index is 5.87. The summed E-state index contributed by atoms with van der Waals surface area (Å²) in [5, 5.41) is 14.7. The first-order valence-corrected chi connectivity index (χ1v) is 29.8. The van der Waals surface area contributed by atoms with Crippen LogP contribution in [0.4, 0.5) is 0 Å². The van der Waals surface area contributed by atoms with Crippen molar-refractivity contribution < 1.29 is 0 Å². The van der Waals surface area contributed by atoms with Gasteiger partial charge in [0.15, 0.2) is 0 Å². The van der Waals surface area contributed by atoms with Gasteiger partial charge in [-0.05, 0) is 177 Å². The van der Waals surface area contributed by atoms with E-state index in [0.29, 0.717) is 0 Å². The van der Waals surface area contributed by atoms with Crippen molar-refractivity contribution in [3.05, 3.63) is 215 Å². The number of fused-ring (bicyclic) bond motifs is 8. The van der Waals surface area contributed by atoms with E-state index in [-0.39, 0.29) is 44.7 Å². The van der Waals surface area contributed by atoms with E-state index in [2.05, 4.69) is 277 Å². The molecule has 0 fully saturated rings. The topological polar surface area (TPSA) is 54.0 Å². The zero-order valence-corrected chi connectivity index (χ0v) is 52.4. The maximum atomic E-state index is 5.87. The molecule has 0 amide bonds. The molecule has 0 spiro atoms. The van der Waals surface area contributed by atoms with Gasteiger partial charge in [0.1, 0.15) is 0 Å². The molecule has 5 heterocycles. The summed E-state index contributed by atoms with van der Waals surface area (Å²) in [5.41, 5.74) is 19.6. The van der Waals surface area contributed by atoms with E-state index in [1.165, 1.54) is 86.9 Å². The summed E-state index contributed by atoms with van der Waals surface area (Å²) in [4.78, 5) is 23.5. The van der Waals surface area contributed by atoms with Crippen molar-refractivity contribution in [3.8, 4) is 44.5 Å². The molecular formula is C80H68MgN4. The smallest absolute Gasteiger partial charge is 0.657 e. The van der Waals surface area contributed by atoms with Crippen LogP contribution in [0, 0.1) is 0 Å². The summed E-state index contributed by atoms with van der Waals surface area (Å²) in [7, 11) is 0. The Hall–Kier alpha value is -8.35. The minimum absolute atomic E-state index is 0. The number of nitrogens with zero attached hydrogens (tertiary/aromatic N) is 4. The van der Waals surface area contributed by atoms with E-state index in [1.54, 1.807) is 0 Å². The predicted octanol–water partition coefficient (Wildman–Crippen LogP) is 21.2. The monoisotopic (exact) mass is 1110 g/mol. The molecule has 85 heavy (non-hydrogen) atoms. The third-order valence-electron chi connectivity index (χ3n) is 18.1. The first kappa shape index (κ1) is 54.6. The summed E-state index contributed by atoms with van der Waals surface area (Å²) >= 11 is 0. The van der Waals surface area contributed by atoms with E-state index in [4.69, 9.17) is 19.9 Å².